The van der Waals surface area contributed by atoms with Gasteiger partial charge in [0.1, 0.15) is 5.75 Å². The van der Waals surface area contributed by atoms with E-state index in [0.29, 0.717) is 0 Å². The Morgan fingerprint density at radius 2 is 1.29 bits per heavy atom. The second kappa shape index (κ2) is 7.95. The maximum absolute atomic E-state index is 7.51. The van der Waals surface area contributed by atoms with Crippen molar-refractivity contribution in [3.05, 3.63) is 82.9 Å². The molecule has 0 aliphatic heterocycles. The van der Waals surface area contributed by atoms with Gasteiger partial charge in [0.15, 0.2) is 0 Å². The lowest BCUT2D eigenvalue weighted by molar-refractivity contribution is 0.414. The third kappa shape index (κ3) is 3.92. The molecule has 0 amide bonds. The van der Waals surface area contributed by atoms with Crippen molar-refractivity contribution in [1.29, 1.82) is 0 Å². The van der Waals surface area contributed by atoms with E-state index in [9.17, 15) is 0 Å². The molecule has 0 fully saturated rings. The summed E-state index contributed by atoms with van der Waals surface area (Å²) in [6.07, 6.45) is 0. The third-order valence-corrected chi connectivity index (χ3v) is 9.20. The lowest BCUT2D eigenvalue weighted by atomic mass is 9.80. The summed E-state index contributed by atoms with van der Waals surface area (Å²) in [5.41, 5.74) is 7.98. The highest BCUT2D eigenvalue weighted by Crippen LogP contribution is 2.65. The molecule has 0 heterocycles. The summed E-state index contributed by atoms with van der Waals surface area (Å²) in [5, 5.41) is 1.18. The highest BCUT2D eigenvalue weighted by atomic mass is 35.7. The zero-order valence-corrected chi connectivity index (χ0v) is 21.2. The molecule has 1 nitrogen and oxygen atoms in total. The Labute approximate surface area is 193 Å². The number of fused-ring (bicyclic) bond motifs is 3. The molecule has 0 radical (unpaired) electrons. The van der Waals surface area contributed by atoms with Crippen LogP contribution in [-0.4, -0.2) is 7.11 Å². The van der Waals surface area contributed by atoms with Gasteiger partial charge in [-0.15, -0.1) is 0 Å². The Morgan fingerprint density at radius 3 is 1.74 bits per heavy atom. The smallest absolute Gasteiger partial charge is 0.128 e. The van der Waals surface area contributed by atoms with Crippen LogP contribution in [0.1, 0.15) is 69.5 Å². The second-order valence-corrected chi connectivity index (χ2v) is 13.1. The fourth-order valence-electron chi connectivity index (χ4n) is 4.49. The Hall–Kier alpha value is -1.82. The molecule has 3 aromatic rings. The fraction of sp³-hybridized carbons (Fsp3) is 0.357. The molecule has 0 saturated heterocycles. The van der Waals surface area contributed by atoms with Crippen molar-refractivity contribution in [2.75, 3.05) is 7.11 Å². The lowest BCUT2D eigenvalue weighted by Crippen LogP contribution is -2.26. The van der Waals surface area contributed by atoms with Crippen molar-refractivity contribution in [2.45, 2.75) is 58.0 Å². The van der Waals surface area contributed by atoms with E-state index in [0.717, 1.165) is 5.75 Å². The van der Waals surface area contributed by atoms with Crippen molar-refractivity contribution >= 4 is 23.8 Å². The van der Waals surface area contributed by atoms with Gasteiger partial charge in [0.2, 0.25) is 0 Å². The van der Waals surface area contributed by atoms with Crippen LogP contribution in [0.5, 0.6) is 5.75 Å². The number of ether oxygens (including phenoxy) is 1. The second-order valence-electron chi connectivity index (χ2n) is 10.5. The van der Waals surface area contributed by atoms with Crippen LogP contribution < -0.4 is 10.0 Å². The van der Waals surface area contributed by atoms with Crippen LogP contribution in [0.4, 0.5) is 0 Å². The quantitative estimate of drug-likeness (QED) is 0.364. The third-order valence-electron chi connectivity index (χ3n) is 6.21. The molecule has 162 valence electrons. The first kappa shape index (κ1) is 22.4. The minimum atomic E-state index is -1.06. The highest BCUT2D eigenvalue weighted by Gasteiger charge is 2.38. The van der Waals surface area contributed by atoms with Crippen LogP contribution in [0.2, 0.25) is 0 Å². The monoisotopic (exact) mass is 450 g/mol. The van der Waals surface area contributed by atoms with Gasteiger partial charge < -0.3 is 4.74 Å². The van der Waals surface area contributed by atoms with Gasteiger partial charge in [-0.3, -0.25) is 0 Å². The summed E-state index contributed by atoms with van der Waals surface area (Å²) < 4.78 is 6.01. The van der Waals surface area contributed by atoms with Gasteiger partial charge in [-0.25, -0.2) is 0 Å². The Bertz CT molecular complexity index is 1080. The van der Waals surface area contributed by atoms with Crippen molar-refractivity contribution in [2.24, 2.45) is 0 Å². The zero-order chi connectivity index (χ0) is 22.6. The number of benzene rings is 3. The summed E-state index contributed by atoms with van der Waals surface area (Å²) in [6, 6.07) is 22.0. The van der Waals surface area contributed by atoms with Gasteiger partial charge in [0.25, 0.3) is 0 Å². The predicted molar refractivity (Wildman–Crippen MR) is 137 cm³/mol. The Balaban J connectivity index is 1.96. The van der Waals surface area contributed by atoms with Crippen LogP contribution >= 0.6 is 18.5 Å². The summed E-state index contributed by atoms with van der Waals surface area (Å²) >= 11 is 7.51. The van der Waals surface area contributed by atoms with Crippen molar-refractivity contribution in [3.63, 3.8) is 0 Å². The average molecular weight is 451 g/mol. The maximum atomic E-state index is 7.51. The Kier molecular flexibility index (Phi) is 5.74. The van der Waals surface area contributed by atoms with Gasteiger partial charge in [-0.2, -0.15) is 0 Å². The molecule has 0 saturated carbocycles. The van der Waals surface area contributed by atoms with E-state index in [4.69, 9.17) is 16.0 Å². The first-order chi connectivity index (χ1) is 14.5. The Morgan fingerprint density at radius 1 is 0.774 bits per heavy atom. The molecule has 1 aliphatic rings. The van der Waals surface area contributed by atoms with E-state index in [1.54, 1.807) is 7.11 Å². The van der Waals surface area contributed by atoms with E-state index in [1.807, 2.05) is 0 Å². The van der Waals surface area contributed by atoms with Crippen LogP contribution in [0.15, 0.2) is 60.7 Å². The normalized spacial score (nSPS) is 14.8. The summed E-state index contributed by atoms with van der Waals surface area (Å²) in [5.74, 6) is 0.917. The number of hydrogen-bond acceptors (Lipinski definition) is 1. The zero-order valence-electron chi connectivity index (χ0n) is 19.6. The molecule has 3 heteroatoms. The molecule has 1 unspecified atom stereocenters. The molecule has 1 atom stereocenters. The van der Waals surface area contributed by atoms with Gasteiger partial charge in [-0.05, 0) is 50.3 Å². The topological polar surface area (TPSA) is 9.23 Å². The SMILES string of the molecule is COc1cc(C(C)(C)C)cc(C(C)(C)C)c1P(Cl)C1c2ccccc2-c2ccccc21. The van der Waals surface area contributed by atoms with Crippen LogP contribution in [0.3, 0.4) is 0 Å². The lowest BCUT2D eigenvalue weighted by Gasteiger charge is -2.32. The van der Waals surface area contributed by atoms with E-state index in [-0.39, 0.29) is 16.5 Å². The van der Waals surface area contributed by atoms with Gasteiger partial charge in [0, 0.05) is 18.2 Å². The maximum Gasteiger partial charge on any atom is 0.128 e. The fourth-order valence-corrected chi connectivity index (χ4v) is 7.84. The first-order valence-electron chi connectivity index (χ1n) is 10.9. The molecule has 0 N–H and O–H groups in total. The van der Waals surface area contributed by atoms with Gasteiger partial charge in [-0.1, -0.05) is 107 Å². The predicted octanol–water partition coefficient (Wildman–Crippen LogP) is 8.32. The van der Waals surface area contributed by atoms with Crippen molar-refractivity contribution < 1.29 is 4.74 Å². The summed E-state index contributed by atoms with van der Waals surface area (Å²) in [4.78, 5) is 0. The summed E-state index contributed by atoms with van der Waals surface area (Å²) in [7, 11) is 0.709. The minimum absolute atomic E-state index is 0.0352. The molecule has 4 rings (SSSR count). The molecular formula is C28H32ClOP. The average Bonchev–Trinajstić information content (AvgIpc) is 3.05. The molecule has 3 aromatic carbocycles. The van der Waals surface area contributed by atoms with Crippen LogP contribution in [0.25, 0.3) is 11.1 Å². The molecule has 1 aliphatic carbocycles. The molecule has 0 spiro atoms. The van der Waals surface area contributed by atoms with Gasteiger partial charge in [0.05, 0.1) is 7.11 Å². The highest BCUT2D eigenvalue weighted by molar-refractivity contribution is 7.90. The summed E-state index contributed by atoms with van der Waals surface area (Å²) in [6.45, 7) is 13.6. The van der Waals surface area contributed by atoms with E-state index in [2.05, 4.69) is 102 Å². The number of rotatable bonds is 3. The number of halogens is 1. The molecule has 0 aromatic heterocycles. The largest absolute Gasteiger partial charge is 0.496 e. The van der Waals surface area contributed by atoms with Crippen molar-refractivity contribution in [3.8, 4) is 16.9 Å². The number of methoxy groups -OCH3 is 1. The molecule has 0 bridgehead atoms. The van der Waals surface area contributed by atoms with Crippen LogP contribution in [0, 0.1) is 0 Å². The van der Waals surface area contributed by atoms with E-state index in [1.165, 1.54) is 38.7 Å². The van der Waals surface area contributed by atoms with Crippen LogP contribution in [-0.2, 0) is 10.8 Å². The van der Waals surface area contributed by atoms with Gasteiger partial charge >= 0.3 is 0 Å². The molecule has 31 heavy (non-hydrogen) atoms. The number of hydrogen-bond donors (Lipinski definition) is 0. The van der Waals surface area contributed by atoms with Crippen molar-refractivity contribution in [1.82, 2.24) is 0 Å². The minimum Gasteiger partial charge on any atom is -0.496 e. The van der Waals surface area contributed by atoms with E-state index < -0.39 is 7.27 Å². The molecular weight excluding hydrogens is 419 g/mol. The van der Waals surface area contributed by atoms with E-state index >= 15 is 0 Å². The first-order valence-corrected chi connectivity index (χ1v) is 13.2. The standard InChI is InChI=1S/C28H32ClOP/c1-27(2,3)18-16-23(28(4,5)6)26(24(17-18)30-7)31(29)25-21-14-10-8-12-19(21)20-13-9-11-15-22(20)25/h8-17,25H,1-7H3.